The lowest BCUT2D eigenvalue weighted by Crippen LogP contribution is -1.85. The summed E-state index contributed by atoms with van der Waals surface area (Å²) in [4.78, 5) is 0. The summed E-state index contributed by atoms with van der Waals surface area (Å²) in [5, 5.41) is 0. The van der Waals surface area contributed by atoms with Crippen LogP contribution in [0.3, 0.4) is 0 Å². The summed E-state index contributed by atoms with van der Waals surface area (Å²) in [6.07, 6.45) is 4.40. The number of unbranched alkanes of at least 4 members (excludes halogenated alkanes) is 1. The van der Waals surface area contributed by atoms with Gasteiger partial charge in [-0.1, -0.05) is 31.6 Å². The summed E-state index contributed by atoms with van der Waals surface area (Å²) in [5.41, 5.74) is 0. The van der Waals surface area contributed by atoms with Crippen LogP contribution in [0.2, 0.25) is 0 Å². The van der Waals surface area contributed by atoms with Crippen molar-refractivity contribution < 1.29 is 0 Å². The van der Waals surface area contributed by atoms with E-state index in [1.807, 2.05) is 6.08 Å². The first kappa shape index (κ1) is 11.5. The molecular formula is C8H14S3. The Hall–Kier alpha value is 0.530. The summed E-state index contributed by atoms with van der Waals surface area (Å²) in [5.74, 6) is 2.11. The van der Waals surface area contributed by atoms with E-state index in [1.165, 1.54) is 18.6 Å². The molecule has 0 radical (unpaired) electrons. The molecule has 0 aliphatic carbocycles. The Bertz CT molecular complexity index is 121. The van der Waals surface area contributed by atoms with E-state index in [4.69, 9.17) is 12.2 Å². The second kappa shape index (κ2) is 8.62. The van der Waals surface area contributed by atoms with Crippen molar-refractivity contribution in [3.63, 3.8) is 0 Å². The smallest absolute Gasteiger partial charge is 0.104 e. The lowest BCUT2D eigenvalue weighted by Gasteiger charge is -1.99. The maximum atomic E-state index is 5.11. The molecular weight excluding hydrogens is 192 g/mol. The van der Waals surface area contributed by atoms with E-state index in [0.717, 1.165) is 9.28 Å². The first-order valence-corrected chi connectivity index (χ1v) is 6.09. The first-order chi connectivity index (χ1) is 5.31. The lowest BCUT2D eigenvalue weighted by molar-refractivity contribution is 0.898. The van der Waals surface area contributed by atoms with Gasteiger partial charge in [-0.05, 0) is 12.2 Å². The van der Waals surface area contributed by atoms with Crippen molar-refractivity contribution in [3.05, 3.63) is 12.7 Å². The zero-order valence-corrected chi connectivity index (χ0v) is 9.29. The lowest BCUT2D eigenvalue weighted by atomic mass is 10.4. The van der Waals surface area contributed by atoms with Gasteiger partial charge in [0, 0.05) is 5.75 Å². The van der Waals surface area contributed by atoms with E-state index in [9.17, 15) is 0 Å². The normalized spacial score (nSPS) is 9.55. The van der Waals surface area contributed by atoms with Crippen molar-refractivity contribution in [2.75, 3.05) is 11.5 Å². The third-order valence-electron chi connectivity index (χ3n) is 1.04. The molecule has 0 amide bonds. The van der Waals surface area contributed by atoms with Gasteiger partial charge in [0.1, 0.15) is 3.53 Å². The fraction of sp³-hybridized carbons (Fsp3) is 0.625. The van der Waals surface area contributed by atoms with Crippen LogP contribution in [-0.4, -0.2) is 15.0 Å². The zero-order valence-electron chi connectivity index (χ0n) is 6.84. The maximum Gasteiger partial charge on any atom is 0.104 e. The van der Waals surface area contributed by atoms with Crippen LogP contribution in [0.25, 0.3) is 0 Å². The monoisotopic (exact) mass is 206 g/mol. The minimum absolute atomic E-state index is 0.942. The highest BCUT2D eigenvalue weighted by atomic mass is 32.2. The minimum atomic E-state index is 0.942. The second-order valence-corrected chi connectivity index (χ2v) is 5.37. The number of hydrogen-bond acceptors (Lipinski definition) is 3. The quantitative estimate of drug-likeness (QED) is 0.382. The van der Waals surface area contributed by atoms with Gasteiger partial charge in [0.05, 0.1) is 0 Å². The van der Waals surface area contributed by atoms with Crippen LogP contribution in [0, 0.1) is 0 Å². The van der Waals surface area contributed by atoms with Crippen molar-refractivity contribution in [2.45, 2.75) is 19.8 Å². The van der Waals surface area contributed by atoms with Crippen molar-refractivity contribution >= 4 is 39.3 Å². The number of rotatable bonds is 5. The Balaban J connectivity index is 3.15. The Morgan fingerprint density at radius 2 is 2.27 bits per heavy atom. The molecule has 0 bridgehead atoms. The Morgan fingerprint density at radius 1 is 1.55 bits per heavy atom. The average molecular weight is 206 g/mol. The molecule has 11 heavy (non-hydrogen) atoms. The molecule has 0 aliphatic rings. The molecule has 0 saturated heterocycles. The molecule has 0 aromatic rings. The fourth-order valence-corrected chi connectivity index (χ4v) is 2.56. The van der Waals surface area contributed by atoms with Crippen molar-refractivity contribution in [1.82, 2.24) is 0 Å². The van der Waals surface area contributed by atoms with Crippen LogP contribution in [0.4, 0.5) is 0 Å². The first-order valence-electron chi connectivity index (χ1n) is 3.71. The van der Waals surface area contributed by atoms with E-state index in [2.05, 4.69) is 13.5 Å². The van der Waals surface area contributed by atoms with E-state index in [0.29, 0.717) is 0 Å². The minimum Gasteiger partial charge on any atom is -0.108 e. The predicted octanol–water partition coefficient (Wildman–Crippen LogP) is 3.72. The fourth-order valence-electron chi connectivity index (χ4n) is 0.468. The molecule has 64 valence electrons. The molecule has 0 spiro atoms. The molecule has 0 aromatic carbocycles. The van der Waals surface area contributed by atoms with Crippen molar-refractivity contribution in [1.29, 1.82) is 0 Å². The van der Waals surface area contributed by atoms with Gasteiger partial charge in [-0.15, -0.1) is 30.1 Å². The highest BCUT2D eigenvalue weighted by Crippen LogP contribution is 2.18. The summed E-state index contributed by atoms with van der Waals surface area (Å²) < 4.78 is 1.05. The van der Waals surface area contributed by atoms with Gasteiger partial charge in [-0.25, -0.2) is 0 Å². The molecule has 0 N–H and O–H groups in total. The third-order valence-corrected chi connectivity index (χ3v) is 3.82. The molecule has 0 fully saturated rings. The Kier molecular flexibility index (Phi) is 9.04. The van der Waals surface area contributed by atoms with E-state index in [1.54, 1.807) is 23.5 Å². The van der Waals surface area contributed by atoms with Gasteiger partial charge >= 0.3 is 0 Å². The molecule has 3 heteroatoms. The molecule has 0 unspecified atom stereocenters. The molecule has 0 nitrogen and oxygen atoms in total. The largest absolute Gasteiger partial charge is 0.108 e. The SMILES string of the molecule is C=CCSC(=S)SCCCC. The van der Waals surface area contributed by atoms with Crippen LogP contribution >= 0.6 is 35.7 Å². The molecule has 0 atom stereocenters. The highest BCUT2D eigenvalue weighted by molar-refractivity contribution is 8.47. The number of thioether (sulfide) groups is 2. The van der Waals surface area contributed by atoms with Gasteiger partial charge in [0.25, 0.3) is 0 Å². The van der Waals surface area contributed by atoms with E-state index in [-0.39, 0.29) is 0 Å². The average Bonchev–Trinajstić information content (AvgIpc) is 2.01. The van der Waals surface area contributed by atoms with Gasteiger partial charge < -0.3 is 0 Å². The predicted molar refractivity (Wildman–Crippen MR) is 62.6 cm³/mol. The van der Waals surface area contributed by atoms with Gasteiger partial charge in [-0.2, -0.15) is 0 Å². The standard InChI is InChI=1S/C8H14S3/c1-3-5-7-11-8(9)10-6-4-2/h4H,2-3,5-7H2,1H3. The Morgan fingerprint density at radius 3 is 2.82 bits per heavy atom. The van der Waals surface area contributed by atoms with E-state index < -0.39 is 0 Å². The van der Waals surface area contributed by atoms with Gasteiger partial charge in [-0.3, -0.25) is 0 Å². The van der Waals surface area contributed by atoms with Crippen LogP contribution in [0.5, 0.6) is 0 Å². The molecule has 0 saturated carbocycles. The molecule has 0 rings (SSSR count). The van der Waals surface area contributed by atoms with Crippen molar-refractivity contribution in [2.24, 2.45) is 0 Å². The molecule has 0 aliphatic heterocycles. The molecule has 0 heterocycles. The van der Waals surface area contributed by atoms with Gasteiger partial charge in [0.15, 0.2) is 0 Å². The second-order valence-electron chi connectivity index (χ2n) is 2.05. The maximum absolute atomic E-state index is 5.11. The van der Waals surface area contributed by atoms with Crippen LogP contribution < -0.4 is 0 Å². The third kappa shape index (κ3) is 8.44. The number of thiocarbonyl (C=S) groups is 1. The zero-order chi connectivity index (χ0) is 8.53. The Labute approximate surface area is 83.2 Å². The van der Waals surface area contributed by atoms with E-state index >= 15 is 0 Å². The van der Waals surface area contributed by atoms with Crippen molar-refractivity contribution in [3.8, 4) is 0 Å². The summed E-state index contributed by atoms with van der Waals surface area (Å²) >= 11 is 8.60. The van der Waals surface area contributed by atoms with Crippen LogP contribution in [0.1, 0.15) is 19.8 Å². The summed E-state index contributed by atoms with van der Waals surface area (Å²) in [6.45, 7) is 5.83. The number of hydrogen-bond donors (Lipinski definition) is 0. The topological polar surface area (TPSA) is 0 Å². The highest BCUT2D eigenvalue weighted by Gasteiger charge is 1.95. The van der Waals surface area contributed by atoms with Crippen LogP contribution in [-0.2, 0) is 0 Å². The van der Waals surface area contributed by atoms with Crippen LogP contribution in [0.15, 0.2) is 12.7 Å². The summed E-state index contributed by atoms with van der Waals surface area (Å²) in [6, 6.07) is 0. The summed E-state index contributed by atoms with van der Waals surface area (Å²) in [7, 11) is 0. The molecule has 0 aromatic heterocycles. The van der Waals surface area contributed by atoms with Gasteiger partial charge in [0.2, 0.25) is 0 Å².